The molecule has 1 spiro atoms. The Labute approximate surface area is 191 Å². The molecule has 3 atom stereocenters. The Morgan fingerprint density at radius 2 is 2.19 bits per heavy atom. The highest BCUT2D eigenvalue weighted by Crippen LogP contribution is 2.33. The van der Waals surface area contributed by atoms with Crippen LogP contribution >= 0.6 is 0 Å². The van der Waals surface area contributed by atoms with Gasteiger partial charge in [-0.25, -0.2) is 4.98 Å². The average molecular weight is 444 g/mol. The second kappa shape index (κ2) is 11.6. The van der Waals surface area contributed by atoms with E-state index in [4.69, 9.17) is 14.7 Å². The molecule has 1 aromatic rings. The van der Waals surface area contributed by atoms with E-state index in [0.717, 1.165) is 44.6 Å². The lowest BCUT2D eigenvalue weighted by Crippen LogP contribution is -2.53. The summed E-state index contributed by atoms with van der Waals surface area (Å²) in [5.74, 6) is 0.895. The summed E-state index contributed by atoms with van der Waals surface area (Å²) in [7, 11) is 0. The third-order valence-electron chi connectivity index (χ3n) is 6.33. The molecule has 8 nitrogen and oxygen atoms in total. The zero-order valence-corrected chi connectivity index (χ0v) is 19.7. The van der Waals surface area contributed by atoms with Gasteiger partial charge < -0.3 is 19.7 Å². The average Bonchev–Trinajstić information content (AvgIpc) is 3.09. The minimum absolute atomic E-state index is 0.0280. The monoisotopic (exact) mass is 443 g/mol. The van der Waals surface area contributed by atoms with Crippen LogP contribution < -0.4 is 5.32 Å². The van der Waals surface area contributed by atoms with Crippen LogP contribution in [0, 0.1) is 11.3 Å². The summed E-state index contributed by atoms with van der Waals surface area (Å²) < 4.78 is 12.4. The predicted octanol–water partition coefficient (Wildman–Crippen LogP) is 2.65. The molecule has 3 heterocycles. The van der Waals surface area contributed by atoms with Crippen LogP contribution in [0.4, 0.5) is 5.82 Å². The van der Waals surface area contributed by atoms with E-state index in [-0.39, 0.29) is 18.1 Å². The number of carbonyl (C=O) groups excluding carboxylic acids is 1. The molecule has 32 heavy (non-hydrogen) atoms. The van der Waals surface area contributed by atoms with Crippen LogP contribution in [0.1, 0.15) is 52.0 Å². The number of pyridine rings is 1. The molecule has 2 aliphatic heterocycles. The van der Waals surface area contributed by atoms with Gasteiger partial charge in [-0.3, -0.25) is 9.69 Å². The quantitative estimate of drug-likeness (QED) is 0.627. The fourth-order valence-corrected chi connectivity index (χ4v) is 4.63. The molecule has 0 aromatic carbocycles. The molecular weight excluding hydrogens is 406 g/mol. The fraction of sp³-hybridized carbons (Fsp3) is 0.708. The van der Waals surface area contributed by atoms with Crippen molar-refractivity contribution < 1.29 is 14.3 Å². The van der Waals surface area contributed by atoms with Crippen molar-refractivity contribution in [2.45, 2.75) is 64.2 Å². The summed E-state index contributed by atoms with van der Waals surface area (Å²) in [5, 5.41) is 12.2. The topological polar surface area (TPSA) is 90.7 Å². The van der Waals surface area contributed by atoms with Crippen molar-refractivity contribution in [3.8, 4) is 6.07 Å². The standard InChI is InChI=1S/C24H37N5O3/c1-4-10-28(11-5-2)19(3)23(30)29-12-13-31-18-24(17-29)9-8-21(32-24)16-27-22-7-6-20(14-25)15-26-22/h6-7,15,19,21H,4-5,8-13,16-18H2,1-3H3,(H,26,27)/t19-,21-,24-/m0/s1. The number of rotatable bonds is 9. The van der Waals surface area contributed by atoms with E-state index < -0.39 is 5.60 Å². The second-order valence-corrected chi connectivity index (χ2v) is 8.91. The predicted molar refractivity (Wildman–Crippen MR) is 123 cm³/mol. The maximum absolute atomic E-state index is 13.4. The molecule has 3 rings (SSSR count). The van der Waals surface area contributed by atoms with E-state index in [1.54, 1.807) is 18.3 Å². The van der Waals surface area contributed by atoms with Crippen LogP contribution in [0.2, 0.25) is 0 Å². The largest absolute Gasteiger partial charge is 0.377 e. The molecule has 0 saturated carbocycles. The van der Waals surface area contributed by atoms with Gasteiger partial charge in [0.05, 0.1) is 37.5 Å². The SMILES string of the molecule is CCCN(CCC)[C@@H](C)C(=O)N1CCOC[C@]2(CC[C@@H](CNc3ccc(C#N)cn3)O2)C1. The first-order valence-electron chi connectivity index (χ1n) is 11.9. The van der Waals surface area contributed by atoms with Crippen LogP contribution in [-0.2, 0) is 14.3 Å². The summed E-state index contributed by atoms with van der Waals surface area (Å²) in [5.41, 5.74) is 0.0917. The van der Waals surface area contributed by atoms with Gasteiger partial charge in [-0.05, 0) is 57.8 Å². The number of anilines is 1. The van der Waals surface area contributed by atoms with Crippen molar-refractivity contribution in [3.05, 3.63) is 23.9 Å². The van der Waals surface area contributed by atoms with Crippen molar-refractivity contribution in [2.24, 2.45) is 0 Å². The number of aromatic nitrogens is 1. The zero-order chi connectivity index (χ0) is 23.0. The highest BCUT2D eigenvalue weighted by molar-refractivity contribution is 5.81. The number of hydrogen-bond acceptors (Lipinski definition) is 7. The van der Waals surface area contributed by atoms with Gasteiger partial charge in [0.1, 0.15) is 17.5 Å². The smallest absolute Gasteiger partial charge is 0.239 e. The lowest BCUT2D eigenvalue weighted by molar-refractivity contribution is -0.141. The number of nitriles is 1. The highest BCUT2D eigenvalue weighted by atomic mass is 16.6. The van der Waals surface area contributed by atoms with Gasteiger partial charge in [0, 0.05) is 19.3 Å². The van der Waals surface area contributed by atoms with Gasteiger partial charge in [-0.15, -0.1) is 0 Å². The molecule has 0 unspecified atom stereocenters. The van der Waals surface area contributed by atoms with Gasteiger partial charge in [-0.1, -0.05) is 13.8 Å². The Hall–Kier alpha value is -2.21. The van der Waals surface area contributed by atoms with Gasteiger partial charge in [0.25, 0.3) is 0 Å². The van der Waals surface area contributed by atoms with Gasteiger partial charge >= 0.3 is 0 Å². The maximum atomic E-state index is 13.4. The van der Waals surface area contributed by atoms with Crippen molar-refractivity contribution in [3.63, 3.8) is 0 Å². The molecule has 0 bridgehead atoms. The zero-order valence-electron chi connectivity index (χ0n) is 19.7. The second-order valence-electron chi connectivity index (χ2n) is 8.91. The van der Waals surface area contributed by atoms with Gasteiger partial charge in [-0.2, -0.15) is 5.26 Å². The third kappa shape index (κ3) is 6.18. The summed E-state index contributed by atoms with van der Waals surface area (Å²) in [4.78, 5) is 21.9. The molecular formula is C24H37N5O3. The first kappa shape index (κ1) is 24.4. The Morgan fingerprint density at radius 1 is 1.41 bits per heavy atom. The summed E-state index contributed by atoms with van der Waals surface area (Å²) in [6.45, 7) is 11.1. The van der Waals surface area contributed by atoms with Gasteiger partial charge in [0.15, 0.2) is 0 Å². The summed E-state index contributed by atoms with van der Waals surface area (Å²) in [6.07, 6.45) is 5.44. The van der Waals surface area contributed by atoms with Crippen molar-refractivity contribution in [2.75, 3.05) is 51.3 Å². The minimum Gasteiger partial charge on any atom is -0.377 e. The van der Waals surface area contributed by atoms with E-state index >= 15 is 0 Å². The van der Waals surface area contributed by atoms with E-state index in [9.17, 15) is 4.79 Å². The minimum atomic E-state index is -0.448. The van der Waals surface area contributed by atoms with Crippen LogP contribution in [0.25, 0.3) is 0 Å². The van der Waals surface area contributed by atoms with E-state index in [1.165, 1.54) is 0 Å². The summed E-state index contributed by atoms with van der Waals surface area (Å²) >= 11 is 0. The van der Waals surface area contributed by atoms with Crippen LogP contribution in [0.3, 0.4) is 0 Å². The molecule has 2 aliphatic rings. The maximum Gasteiger partial charge on any atom is 0.239 e. The first-order valence-corrected chi connectivity index (χ1v) is 11.9. The number of nitrogens with one attached hydrogen (secondary N) is 1. The Kier molecular flexibility index (Phi) is 8.85. The lowest BCUT2D eigenvalue weighted by atomic mass is 9.99. The first-order chi connectivity index (χ1) is 15.5. The van der Waals surface area contributed by atoms with E-state index in [0.29, 0.717) is 38.4 Å². The highest BCUT2D eigenvalue weighted by Gasteiger charge is 2.44. The molecule has 0 radical (unpaired) electrons. The molecule has 176 valence electrons. The number of ether oxygens (including phenoxy) is 2. The van der Waals surface area contributed by atoms with Crippen LogP contribution in [0.5, 0.6) is 0 Å². The molecule has 1 aromatic heterocycles. The normalized spacial score (nSPS) is 24.3. The van der Waals surface area contributed by atoms with Crippen LogP contribution in [0.15, 0.2) is 18.3 Å². The van der Waals surface area contributed by atoms with E-state index in [2.05, 4.69) is 35.1 Å². The van der Waals surface area contributed by atoms with Crippen molar-refractivity contribution in [1.29, 1.82) is 5.26 Å². The molecule has 8 heteroatoms. The van der Waals surface area contributed by atoms with Crippen molar-refractivity contribution in [1.82, 2.24) is 14.8 Å². The Balaban J connectivity index is 1.58. The Bertz CT molecular complexity index is 775. The van der Waals surface area contributed by atoms with Crippen LogP contribution in [-0.4, -0.2) is 84.4 Å². The lowest BCUT2D eigenvalue weighted by Gasteiger charge is -2.36. The van der Waals surface area contributed by atoms with Gasteiger partial charge in [0.2, 0.25) is 5.91 Å². The van der Waals surface area contributed by atoms with E-state index in [1.807, 2.05) is 11.8 Å². The molecule has 1 N–H and O–H groups in total. The number of hydrogen-bond donors (Lipinski definition) is 1. The summed E-state index contributed by atoms with van der Waals surface area (Å²) in [6, 6.07) is 5.49. The number of nitrogens with zero attached hydrogens (tertiary/aromatic N) is 4. The fourth-order valence-electron chi connectivity index (χ4n) is 4.63. The Morgan fingerprint density at radius 3 is 2.84 bits per heavy atom. The molecule has 2 fully saturated rings. The molecule has 2 saturated heterocycles. The third-order valence-corrected chi connectivity index (χ3v) is 6.33. The molecule has 0 aliphatic carbocycles. The molecule has 1 amide bonds. The number of carbonyl (C=O) groups is 1. The number of amides is 1. The van der Waals surface area contributed by atoms with Crippen molar-refractivity contribution >= 4 is 11.7 Å².